The summed E-state index contributed by atoms with van der Waals surface area (Å²) in [6.07, 6.45) is 6.14. The van der Waals surface area contributed by atoms with Crippen LogP contribution in [0.25, 0.3) is 5.52 Å². The van der Waals surface area contributed by atoms with E-state index in [0.29, 0.717) is 46.8 Å². The molecule has 142 valence electrons. The Kier molecular flexibility index (Phi) is 3.77. The molecular formula is C18H17ClN8O. The number of anilines is 2. The van der Waals surface area contributed by atoms with E-state index in [1.54, 1.807) is 21.3 Å². The zero-order valence-electron chi connectivity index (χ0n) is 14.9. The summed E-state index contributed by atoms with van der Waals surface area (Å²) in [5.74, 6) is 1.73. The normalized spacial score (nSPS) is 18.9. The first-order chi connectivity index (χ1) is 13.6. The van der Waals surface area contributed by atoms with Gasteiger partial charge in [-0.05, 0) is 31.2 Å². The standard InChI is InChI=1S/C18H17ClN8O/c19-12-3-6-27-14(12)17(28)26(9-10-1-2-10)16(24-27)13-4-5-25(13)15-11(7-20)8-22-18(21)23-15/h3,6,8,10,13H,1-2,4-5,9H2,(H2,21,22,23). The minimum atomic E-state index is -0.168. The number of nitrogen functional groups attached to an aromatic ring is 1. The maximum atomic E-state index is 13.2. The molecule has 0 spiro atoms. The summed E-state index contributed by atoms with van der Waals surface area (Å²) in [6, 6.07) is 3.62. The van der Waals surface area contributed by atoms with Crippen LogP contribution in [0.15, 0.2) is 23.3 Å². The molecule has 1 saturated carbocycles. The molecule has 1 atom stereocenters. The van der Waals surface area contributed by atoms with Gasteiger partial charge in [-0.15, -0.1) is 0 Å². The largest absolute Gasteiger partial charge is 0.368 e. The van der Waals surface area contributed by atoms with E-state index in [1.165, 1.54) is 6.20 Å². The molecule has 5 rings (SSSR count). The monoisotopic (exact) mass is 396 g/mol. The molecule has 3 aromatic rings. The maximum absolute atomic E-state index is 13.2. The number of hydrogen-bond acceptors (Lipinski definition) is 7. The average Bonchev–Trinajstić information content (AvgIpc) is 3.39. The van der Waals surface area contributed by atoms with Crippen LogP contribution in [-0.2, 0) is 6.54 Å². The van der Waals surface area contributed by atoms with Gasteiger partial charge >= 0.3 is 0 Å². The molecule has 0 aromatic carbocycles. The van der Waals surface area contributed by atoms with Gasteiger partial charge in [-0.3, -0.25) is 9.36 Å². The number of nitrogens with two attached hydrogens (primary N) is 1. The Bertz CT molecular complexity index is 1190. The molecule has 1 aliphatic heterocycles. The van der Waals surface area contributed by atoms with Crippen molar-refractivity contribution in [3.8, 4) is 6.07 Å². The van der Waals surface area contributed by atoms with Crippen LogP contribution >= 0.6 is 11.6 Å². The molecule has 2 N–H and O–H groups in total. The number of rotatable bonds is 4. The Hall–Kier alpha value is -3.12. The second-order valence-electron chi connectivity index (χ2n) is 7.25. The second-order valence-corrected chi connectivity index (χ2v) is 7.66. The lowest BCUT2D eigenvalue weighted by Crippen LogP contribution is -2.46. The van der Waals surface area contributed by atoms with Crippen molar-refractivity contribution < 1.29 is 0 Å². The first-order valence-corrected chi connectivity index (χ1v) is 9.51. The van der Waals surface area contributed by atoms with Crippen molar-refractivity contribution in [1.29, 1.82) is 5.26 Å². The number of aromatic nitrogens is 5. The average molecular weight is 397 g/mol. The highest BCUT2D eigenvalue weighted by molar-refractivity contribution is 6.33. The van der Waals surface area contributed by atoms with Crippen LogP contribution in [0.4, 0.5) is 11.8 Å². The van der Waals surface area contributed by atoms with E-state index in [1.807, 2.05) is 4.90 Å². The van der Waals surface area contributed by atoms with Crippen LogP contribution in [-0.4, -0.2) is 30.7 Å². The Morgan fingerprint density at radius 3 is 2.86 bits per heavy atom. The van der Waals surface area contributed by atoms with E-state index in [-0.39, 0.29) is 17.5 Å². The van der Waals surface area contributed by atoms with Crippen LogP contribution < -0.4 is 16.2 Å². The molecule has 4 heterocycles. The third-order valence-electron chi connectivity index (χ3n) is 5.39. The summed E-state index contributed by atoms with van der Waals surface area (Å²) < 4.78 is 3.28. The lowest BCUT2D eigenvalue weighted by molar-refractivity contribution is 0.398. The quantitative estimate of drug-likeness (QED) is 0.713. The van der Waals surface area contributed by atoms with E-state index in [0.717, 1.165) is 19.3 Å². The lowest BCUT2D eigenvalue weighted by Gasteiger charge is -2.42. The summed E-state index contributed by atoms with van der Waals surface area (Å²) in [5, 5.41) is 14.5. The number of halogens is 1. The van der Waals surface area contributed by atoms with Crippen molar-refractivity contribution >= 4 is 28.9 Å². The van der Waals surface area contributed by atoms with E-state index < -0.39 is 0 Å². The molecule has 0 bridgehead atoms. The molecule has 0 radical (unpaired) electrons. The first kappa shape index (κ1) is 17.0. The molecule has 1 aliphatic carbocycles. The Morgan fingerprint density at radius 1 is 1.36 bits per heavy atom. The van der Waals surface area contributed by atoms with Crippen molar-refractivity contribution in [2.45, 2.75) is 31.8 Å². The molecule has 1 saturated heterocycles. The fourth-order valence-corrected chi connectivity index (χ4v) is 3.88. The molecule has 9 nitrogen and oxygen atoms in total. The van der Waals surface area contributed by atoms with Crippen LogP contribution in [0.1, 0.15) is 36.7 Å². The highest BCUT2D eigenvalue weighted by Gasteiger charge is 2.37. The van der Waals surface area contributed by atoms with Crippen LogP contribution in [0.2, 0.25) is 5.02 Å². The number of nitriles is 1. The topological polar surface area (TPSA) is 118 Å². The number of fused-ring (bicyclic) bond motifs is 1. The van der Waals surface area contributed by atoms with Crippen molar-refractivity contribution in [3.63, 3.8) is 0 Å². The summed E-state index contributed by atoms with van der Waals surface area (Å²) >= 11 is 6.21. The molecule has 3 aromatic heterocycles. The van der Waals surface area contributed by atoms with Gasteiger partial charge in [0.25, 0.3) is 5.56 Å². The van der Waals surface area contributed by atoms with E-state index in [2.05, 4.69) is 16.0 Å². The fourth-order valence-electron chi connectivity index (χ4n) is 3.65. The molecular weight excluding hydrogens is 380 g/mol. The Balaban J connectivity index is 1.64. The van der Waals surface area contributed by atoms with Crippen LogP contribution in [0.3, 0.4) is 0 Å². The summed E-state index contributed by atoms with van der Waals surface area (Å²) in [6.45, 7) is 1.32. The van der Waals surface area contributed by atoms with Gasteiger partial charge in [0, 0.05) is 19.3 Å². The van der Waals surface area contributed by atoms with Gasteiger partial charge in [-0.1, -0.05) is 11.6 Å². The SMILES string of the molecule is N#Cc1cnc(N)nc1N1CCC1c1nn2ccc(Cl)c2c(=O)n1CC1CC1. The third kappa shape index (κ3) is 2.60. The van der Waals surface area contributed by atoms with Gasteiger partial charge in [-0.25, -0.2) is 9.50 Å². The minimum Gasteiger partial charge on any atom is -0.368 e. The molecule has 0 amide bonds. The predicted octanol–water partition coefficient (Wildman–Crippen LogP) is 1.75. The summed E-state index contributed by atoms with van der Waals surface area (Å²) in [7, 11) is 0. The molecule has 1 unspecified atom stereocenters. The number of nitrogens with zero attached hydrogens (tertiary/aromatic N) is 7. The second kappa shape index (κ2) is 6.21. The van der Waals surface area contributed by atoms with Crippen molar-refractivity contribution in [2.24, 2.45) is 5.92 Å². The van der Waals surface area contributed by atoms with Gasteiger partial charge in [0.1, 0.15) is 17.1 Å². The van der Waals surface area contributed by atoms with Crippen molar-refractivity contribution in [2.75, 3.05) is 17.2 Å². The van der Waals surface area contributed by atoms with Crippen LogP contribution in [0.5, 0.6) is 0 Å². The maximum Gasteiger partial charge on any atom is 0.279 e. The highest BCUT2D eigenvalue weighted by Crippen LogP contribution is 2.38. The van der Waals surface area contributed by atoms with Gasteiger partial charge in [-0.2, -0.15) is 15.3 Å². The third-order valence-corrected chi connectivity index (χ3v) is 5.69. The van der Waals surface area contributed by atoms with Gasteiger partial charge < -0.3 is 10.6 Å². The molecule has 2 aliphatic rings. The summed E-state index contributed by atoms with van der Waals surface area (Å²) in [4.78, 5) is 23.3. The minimum absolute atomic E-state index is 0.107. The van der Waals surface area contributed by atoms with E-state index in [9.17, 15) is 10.1 Å². The Morgan fingerprint density at radius 2 is 2.18 bits per heavy atom. The fraction of sp³-hybridized carbons (Fsp3) is 0.389. The lowest BCUT2D eigenvalue weighted by atomic mass is 10.0. The van der Waals surface area contributed by atoms with E-state index >= 15 is 0 Å². The summed E-state index contributed by atoms with van der Waals surface area (Å²) in [5.41, 5.74) is 6.34. The van der Waals surface area contributed by atoms with Gasteiger partial charge in [0.05, 0.1) is 17.3 Å². The smallest absolute Gasteiger partial charge is 0.279 e. The first-order valence-electron chi connectivity index (χ1n) is 9.13. The Labute approximate surface area is 165 Å². The van der Waals surface area contributed by atoms with Gasteiger partial charge in [0.2, 0.25) is 5.95 Å². The highest BCUT2D eigenvalue weighted by atomic mass is 35.5. The van der Waals surface area contributed by atoms with Gasteiger partial charge in [0.15, 0.2) is 11.6 Å². The van der Waals surface area contributed by atoms with Crippen molar-refractivity contribution in [3.05, 3.63) is 45.2 Å². The molecule has 2 fully saturated rings. The molecule has 10 heteroatoms. The zero-order valence-corrected chi connectivity index (χ0v) is 15.7. The predicted molar refractivity (Wildman–Crippen MR) is 103 cm³/mol. The molecule has 28 heavy (non-hydrogen) atoms. The van der Waals surface area contributed by atoms with Crippen molar-refractivity contribution in [1.82, 2.24) is 24.1 Å². The number of hydrogen-bond donors (Lipinski definition) is 1. The zero-order chi connectivity index (χ0) is 19.4. The van der Waals surface area contributed by atoms with E-state index in [4.69, 9.17) is 22.4 Å². The van der Waals surface area contributed by atoms with Crippen LogP contribution in [0, 0.1) is 17.2 Å².